The van der Waals surface area contributed by atoms with Crippen LogP contribution in [0.25, 0.3) is 22.8 Å². The average molecular weight is 321 g/mol. The number of hydrogen-bond donors (Lipinski definition) is 2. The van der Waals surface area contributed by atoms with Crippen molar-refractivity contribution in [3.63, 3.8) is 0 Å². The molecule has 0 saturated heterocycles. The van der Waals surface area contributed by atoms with E-state index in [9.17, 15) is 19.8 Å². The molecule has 0 radical (unpaired) electrons. The SMILES string of the molecule is O=C(O)c1ccnc(-c2cccc(-c3ccccn3)n2)c1C(=O)O. The van der Waals surface area contributed by atoms with Gasteiger partial charge in [0.15, 0.2) is 0 Å². The van der Waals surface area contributed by atoms with Gasteiger partial charge in [-0.05, 0) is 30.3 Å². The zero-order chi connectivity index (χ0) is 17.1. The van der Waals surface area contributed by atoms with Crippen LogP contribution in [0.15, 0.2) is 54.9 Å². The Labute approximate surface area is 136 Å². The zero-order valence-electron chi connectivity index (χ0n) is 12.2. The van der Waals surface area contributed by atoms with E-state index in [0.29, 0.717) is 11.4 Å². The third-order valence-electron chi connectivity index (χ3n) is 3.31. The highest BCUT2D eigenvalue weighted by atomic mass is 16.4. The number of pyridine rings is 3. The predicted molar refractivity (Wildman–Crippen MR) is 84.6 cm³/mol. The van der Waals surface area contributed by atoms with Crippen molar-refractivity contribution in [2.45, 2.75) is 0 Å². The standard InChI is InChI=1S/C17H11N3O4/c21-16(22)10-7-9-19-15(14(10)17(23)24)13-6-3-5-12(20-13)11-4-1-2-8-18-11/h1-9H,(H,21,22)(H,23,24). The van der Waals surface area contributed by atoms with Crippen LogP contribution in [0.1, 0.15) is 20.7 Å². The molecule has 0 aliphatic heterocycles. The summed E-state index contributed by atoms with van der Waals surface area (Å²) in [6, 6.07) is 11.5. The largest absolute Gasteiger partial charge is 0.478 e. The molecular formula is C17H11N3O4. The van der Waals surface area contributed by atoms with E-state index in [0.717, 1.165) is 6.07 Å². The first kappa shape index (κ1) is 15.3. The maximum Gasteiger partial charge on any atom is 0.338 e. The van der Waals surface area contributed by atoms with Gasteiger partial charge in [-0.25, -0.2) is 14.6 Å². The fourth-order valence-corrected chi connectivity index (χ4v) is 2.27. The monoisotopic (exact) mass is 321 g/mol. The third-order valence-corrected chi connectivity index (χ3v) is 3.31. The summed E-state index contributed by atoms with van der Waals surface area (Å²) in [6.45, 7) is 0. The van der Waals surface area contributed by atoms with Gasteiger partial charge in [-0.2, -0.15) is 0 Å². The molecule has 3 rings (SSSR count). The second kappa shape index (κ2) is 6.25. The van der Waals surface area contributed by atoms with Gasteiger partial charge < -0.3 is 10.2 Å². The summed E-state index contributed by atoms with van der Waals surface area (Å²) < 4.78 is 0. The summed E-state index contributed by atoms with van der Waals surface area (Å²) in [7, 11) is 0. The summed E-state index contributed by atoms with van der Waals surface area (Å²) in [5.41, 5.74) is 0.685. The Bertz CT molecular complexity index is 926. The molecule has 3 heterocycles. The minimum Gasteiger partial charge on any atom is -0.478 e. The molecule has 118 valence electrons. The molecule has 0 amide bonds. The van der Waals surface area contributed by atoms with Crippen LogP contribution < -0.4 is 0 Å². The van der Waals surface area contributed by atoms with E-state index in [1.165, 1.54) is 6.20 Å². The second-order valence-corrected chi connectivity index (χ2v) is 4.82. The second-order valence-electron chi connectivity index (χ2n) is 4.82. The van der Waals surface area contributed by atoms with Crippen LogP contribution in [0.5, 0.6) is 0 Å². The molecule has 0 aromatic carbocycles. The van der Waals surface area contributed by atoms with E-state index >= 15 is 0 Å². The van der Waals surface area contributed by atoms with Gasteiger partial charge in [-0.3, -0.25) is 9.97 Å². The first-order valence-electron chi connectivity index (χ1n) is 6.92. The number of hydrogen-bond acceptors (Lipinski definition) is 5. The topological polar surface area (TPSA) is 113 Å². The van der Waals surface area contributed by atoms with Gasteiger partial charge in [0.1, 0.15) is 11.3 Å². The van der Waals surface area contributed by atoms with Crippen molar-refractivity contribution in [1.82, 2.24) is 15.0 Å². The van der Waals surface area contributed by atoms with Gasteiger partial charge in [0.25, 0.3) is 0 Å². The number of nitrogens with zero attached hydrogens (tertiary/aromatic N) is 3. The van der Waals surface area contributed by atoms with Crippen LogP contribution in [0, 0.1) is 0 Å². The van der Waals surface area contributed by atoms with E-state index in [4.69, 9.17) is 0 Å². The molecule has 0 bridgehead atoms. The van der Waals surface area contributed by atoms with Crippen LogP contribution >= 0.6 is 0 Å². The lowest BCUT2D eigenvalue weighted by molar-refractivity contribution is 0.0651. The molecule has 7 heteroatoms. The van der Waals surface area contributed by atoms with Crippen molar-refractivity contribution in [1.29, 1.82) is 0 Å². The lowest BCUT2D eigenvalue weighted by Crippen LogP contribution is -2.11. The lowest BCUT2D eigenvalue weighted by Gasteiger charge is -2.08. The minimum absolute atomic E-state index is 0.000168. The van der Waals surface area contributed by atoms with E-state index in [1.807, 2.05) is 6.07 Å². The lowest BCUT2D eigenvalue weighted by atomic mass is 10.0. The minimum atomic E-state index is -1.37. The molecule has 3 aromatic heterocycles. The average Bonchev–Trinajstić information content (AvgIpc) is 2.61. The number of rotatable bonds is 4. The van der Waals surface area contributed by atoms with Gasteiger partial charge in [-0.15, -0.1) is 0 Å². The Balaban J connectivity index is 2.19. The van der Waals surface area contributed by atoms with Gasteiger partial charge in [0, 0.05) is 12.4 Å². The number of carboxylic acids is 2. The van der Waals surface area contributed by atoms with Crippen LogP contribution in [0.3, 0.4) is 0 Å². The molecule has 0 saturated carbocycles. The van der Waals surface area contributed by atoms with E-state index in [-0.39, 0.29) is 17.0 Å². The maximum atomic E-state index is 11.5. The van der Waals surface area contributed by atoms with Crippen LogP contribution in [-0.4, -0.2) is 37.1 Å². The number of aromatic nitrogens is 3. The molecule has 0 spiro atoms. The Hall–Kier alpha value is -3.61. The summed E-state index contributed by atoms with van der Waals surface area (Å²) >= 11 is 0. The normalized spacial score (nSPS) is 10.3. The quantitative estimate of drug-likeness (QED) is 0.759. The van der Waals surface area contributed by atoms with Crippen LogP contribution in [-0.2, 0) is 0 Å². The Morgan fingerprint density at radius 1 is 0.750 bits per heavy atom. The van der Waals surface area contributed by atoms with E-state index in [1.54, 1.807) is 36.5 Å². The van der Waals surface area contributed by atoms with Gasteiger partial charge in [0.2, 0.25) is 0 Å². The number of carbonyl (C=O) groups is 2. The van der Waals surface area contributed by atoms with Gasteiger partial charge in [-0.1, -0.05) is 12.1 Å². The van der Waals surface area contributed by atoms with Crippen molar-refractivity contribution >= 4 is 11.9 Å². The predicted octanol–water partition coefficient (Wildman–Crippen LogP) is 2.60. The Kier molecular flexibility index (Phi) is 3.98. The summed E-state index contributed by atoms with van der Waals surface area (Å²) in [5.74, 6) is -2.71. The van der Waals surface area contributed by atoms with Crippen molar-refractivity contribution in [2.75, 3.05) is 0 Å². The highest BCUT2D eigenvalue weighted by molar-refractivity contribution is 6.05. The molecular weight excluding hydrogens is 310 g/mol. The molecule has 7 nitrogen and oxygen atoms in total. The fourth-order valence-electron chi connectivity index (χ4n) is 2.27. The van der Waals surface area contributed by atoms with Gasteiger partial charge in [0.05, 0.1) is 22.6 Å². The highest BCUT2D eigenvalue weighted by Crippen LogP contribution is 2.25. The molecule has 0 aliphatic carbocycles. The molecule has 2 N–H and O–H groups in total. The molecule has 0 fully saturated rings. The highest BCUT2D eigenvalue weighted by Gasteiger charge is 2.23. The summed E-state index contributed by atoms with van der Waals surface area (Å²) in [5, 5.41) is 18.6. The van der Waals surface area contributed by atoms with Crippen molar-refractivity contribution < 1.29 is 19.8 Å². The number of aromatic carboxylic acids is 2. The van der Waals surface area contributed by atoms with Crippen molar-refractivity contribution in [2.24, 2.45) is 0 Å². The fraction of sp³-hybridized carbons (Fsp3) is 0. The summed E-state index contributed by atoms with van der Waals surface area (Å²) in [4.78, 5) is 35.4. The van der Waals surface area contributed by atoms with E-state index < -0.39 is 17.5 Å². The summed E-state index contributed by atoms with van der Waals surface area (Å²) in [6.07, 6.45) is 2.87. The zero-order valence-corrected chi connectivity index (χ0v) is 12.2. The number of carboxylic acid groups (broad SMARTS) is 2. The van der Waals surface area contributed by atoms with Gasteiger partial charge >= 0.3 is 11.9 Å². The Morgan fingerprint density at radius 3 is 2.17 bits per heavy atom. The van der Waals surface area contributed by atoms with Crippen molar-refractivity contribution in [3.8, 4) is 22.8 Å². The molecule has 24 heavy (non-hydrogen) atoms. The molecule has 0 atom stereocenters. The van der Waals surface area contributed by atoms with Crippen molar-refractivity contribution in [3.05, 3.63) is 66.0 Å². The smallest absolute Gasteiger partial charge is 0.338 e. The third kappa shape index (κ3) is 2.82. The maximum absolute atomic E-state index is 11.5. The molecule has 0 unspecified atom stereocenters. The van der Waals surface area contributed by atoms with Crippen LogP contribution in [0.2, 0.25) is 0 Å². The first-order chi connectivity index (χ1) is 11.6. The van der Waals surface area contributed by atoms with E-state index in [2.05, 4.69) is 15.0 Å². The molecule has 0 aliphatic rings. The first-order valence-corrected chi connectivity index (χ1v) is 6.92. The van der Waals surface area contributed by atoms with Crippen LogP contribution in [0.4, 0.5) is 0 Å². The Morgan fingerprint density at radius 2 is 1.50 bits per heavy atom. The molecule has 3 aromatic rings.